The quantitative estimate of drug-likeness (QED) is 0.424. The summed E-state index contributed by atoms with van der Waals surface area (Å²) >= 11 is 0. The number of hydrogen-bond acceptors (Lipinski definition) is 5. The molecule has 7 heteroatoms. The minimum Gasteiger partial charge on any atom is -0.444 e. The molecular weight excluding hydrogens is 214 g/mol. The number of hydroxylamine groups is 1. The van der Waals surface area contributed by atoms with Gasteiger partial charge in [0, 0.05) is 13.1 Å². The third-order valence-electron chi connectivity index (χ3n) is 1.21. The first-order valence-electron chi connectivity index (χ1n) is 4.91. The van der Waals surface area contributed by atoms with Gasteiger partial charge in [0.05, 0.1) is 0 Å². The molecule has 0 atom stereocenters. The Morgan fingerprint density at radius 1 is 1.25 bits per heavy atom. The number of nitrogens with one attached hydrogen (secondary N) is 2. The van der Waals surface area contributed by atoms with E-state index in [-0.39, 0.29) is 6.61 Å². The van der Waals surface area contributed by atoms with Crippen LogP contribution in [-0.4, -0.2) is 37.3 Å². The average molecular weight is 233 g/mol. The van der Waals surface area contributed by atoms with Gasteiger partial charge in [-0.3, -0.25) is 9.63 Å². The standard InChI is InChI=1S/C9H19N3O4/c1-9(2,3)16-8(14)11-4-5-12-15-6-7(10)13/h12H,4-6H2,1-3H3,(H2,10,13)(H,11,14). The zero-order valence-corrected chi connectivity index (χ0v) is 9.83. The van der Waals surface area contributed by atoms with Crippen LogP contribution in [0, 0.1) is 0 Å². The molecule has 2 amide bonds. The van der Waals surface area contributed by atoms with Crippen molar-refractivity contribution in [1.29, 1.82) is 0 Å². The van der Waals surface area contributed by atoms with Crippen molar-refractivity contribution in [3.63, 3.8) is 0 Å². The third kappa shape index (κ3) is 10.7. The van der Waals surface area contributed by atoms with Crippen LogP contribution in [0.15, 0.2) is 0 Å². The van der Waals surface area contributed by atoms with Crippen molar-refractivity contribution < 1.29 is 19.2 Å². The fraction of sp³-hybridized carbons (Fsp3) is 0.778. The van der Waals surface area contributed by atoms with Gasteiger partial charge in [0.2, 0.25) is 5.91 Å². The van der Waals surface area contributed by atoms with Gasteiger partial charge >= 0.3 is 6.09 Å². The van der Waals surface area contributed by atoms with Gasteiger partial charge in [0.15, 0.2) is 0 Å². The molecule has 0 aromatic heterocycles. The summed E-state index contributed by atoms with van der Waals surface area (Å²) in [5, 5.41) is 2.51. The summed E-state index contributed by atoms with van der Waals surface area (Å²) < 4.78 is 4.99. The fourth-order valence-corrected chi connectivity index (χ4v) is 0.724. The van der Waals surface area contributed by atoms with Crippen LogP contribution in [0.5, 0.6) is 0 Å². The van der Waals surface area contributed by atoms with Crippen molar-refractivity contribution in [2.75, 3.05) is 19.7 Å². The second-order valence-electron chi connectivity index (χ2n) is 4.08. The lowest BCUT2D eigenvalue weighted by atomic mass is 10.2. The first-order valence-corrected chi connectivity index (χ1v) is 4.91. The highest BCUT2D eigenvalue weighted by molar-refractivity contribution is 5.74. The number of carbonyl (C=O) groups excluding carboxylic acids is 2. The molecule has 0 aliphatic heterocycles. The van der Waals surface area contributed by atoms with E-state index in [1.807, 2.05) is 0 Å². The molecule has 4 N–H and O–H groups in total. The lowest BCUT2D eigenvalue weighted by Crippen LogP contribution is -2.37. The molecule has 94 valence electrons. The van der Waals surface area contributed by atoms with Gasteiger partial charge in [-0.2, -0.15) is 0 Å². The number of rotatable bonds is 6. The largest absolute Gasteiger partial charge is 0.444 e. The monoisotopic (exact) mass is 233 g/mol. The minimum atomic E-state index is -0.562. The molecule has 0 spiro atoms. The number of primary amides is 1. The van der Waals surface area contributed by atoms with Gasteiger partial charge in [0.1, 0.15) is 12.2 Å². The SMILES string of the molecule is CC(C)(C)OC(=O)NCCNOCC(N)=O. The predicted octanol–water partition coefficient (Wildman–Crippen LogP) is -0.482. The van der Waals surface area contributed by atoms with E-state index >= 15 is 0 Å². The number of carbonyl (C=O) groups is 2. The first kappa shape index (κ1) is 14.7. The molecule has 0 unspecified atom stereocenters. The maximum Gasteiger partial charge on any atom is 0.407 e. The summed E-state index contributed by atoms with van der Waals surface area (Å²) in [6.45, 7) is 5.81. The van der Waals surface area contributed by atoms with E-state index in [9.17, 15) is 9.59 Å². The smallest absolute Gasteiger partial charge is 0.407 e. The first-order chi connectivity index (χ1) is 7.31. The number of amides is 2. The second-order valence-corrected chi connectivity index (χ2v) is 4.08. The van der Waals surface area contributed by atoms with Gasteiger partial charge in [0.25, 0.3) is 0 Å². The third-order valence-corrected chi connectivity index (χ3v) is 1.21. The fourth-order valence-electron chi connectivity index (χ4n) is 0.724. The normalized spacial score (nSPS) is 10.9. The topological polar surface area (TPSA) is 103 Å². The Balaban J connectivity index is 3.38. The molecule has 0 bridgehead atoms. The number of alkyl carbamates (subject to hydrolysis) is 1. The van der Waals surface area contributed by atoms with E-state index in [0.29, 0.717) is 13.1 Å². The molecule has 0 aromatic carbocycles. The van der Waals surface area contributed by atoms with Gasteiger partial charge in [-0.05, 0) is 20.8 Å². The van der Waals surface area contributed by atoms with Crippen LogP contribution in [0.2, 0.25) is 0 Å². The van der Waals surface area contributed by atoms with Crippen molar-refractivity contribution >= 4 is 12.0 Å². The van der Waals surface area contributed by atoms with Crippen LogP contribution in [0.4, 0.5) is 4.79 Å². The van der Waals surface area contributed by atoms with E-state index in [0.717, 1.165) is 0 Å². The van der Waals surface area contributed by atoms with Gasteiger partial charge in [-0.1, -0.05) is 0 Å². The summed E-state index contributed by atoms with van der Waals surface area (Å²) in [5.41, 5.74) is 6.78. The van der Waals surface area contributed by atoms with Crippen LogP contribution in [0.3, 0.4) is 0 Å². The number of hydrogen-bond donors (Lipinski definition) is 3. The molecule has 0 saturated heterocycles. The molecule has 0 aromatic rings. The molecule has 0 aliphatic rings. The van der Waals surface area contributed by atoms with E-state index in [4.69, 9.17) is 10.5 Å². The molecule has 0 aliphatic carbocycles. The molecule has 0 radical (unpaired) electrons. The second kappa shape index (κ2) is 7.02. The van der Waals surface area contributed by atoms with Crippen molar-refractivity contribution in [2.45, 2.75) is 26.4 Å². The number of ether oxygens (including phenoxy) is 1. The van der Waals surface area contributed by atoms with Crippen molar-refractivity contribution in [3.8, 4) is 0 Å². The highest BCUT2D eigenvalue weighted by atomic mass is 16.6. The van der Waals surface area contributed by atoms with Gasteiger partial charge in [-0.15, -0.1) is 0 Å². The molecule has 0 saturated carbocycles. The van der Waals surface area contributed by atoms with Crippen LogP contribution in [0.25, 0.3) is 0 Å². The Morgan fingerprint density at radius 2 is 1.88 bits per heavy atom. The minimum absolute atomic E-state index is 0.202. The molecule has 0 rings (SSSR count). The van der Waals surface area contributed by atoms with Crippen molar-refractivity contribution in [2.24, 2.45) is 5.73 Å². The van der Waals surface area contributed by atoms with Crippen LogP contribution >= 0.6 is 0 Å². The Kier molecular flexibility index (Phi) is 6.43. The lowest BCUT2D eigenvalue weighted by molar-refractivity contribution is -0.125. The number of nitrogens with two attached hydrogens (primary N) is 1. The Hall–Kier alpha value is -1.34. The van der Waals surface area contributed by atoms with E-state index < -0.39 is 17.6 Å². The van der Waals surface area contributed by atoms with Gasteiger partial charge < -0.3 is 15.8 Å². The Morgan fingerprint density at radius 3 is 2.38 bits per heavy atom. The van der Waals surface area contributed by atoms with E-state index in [2.05, 4.69) is 15.6 Å². The highest BCUT2D eigenvalue weighted by Crippen LogP contribution is 2.05. The zero-order valence-electron chi connectivity index (χ0n) is 9.83. The molecule has 16 heavy (non-hydrogen) atoms. The van der Waals surface area contributed by atoms with Crippen LogP contribution < -0.4 is 16.5 Å². The summed E-state index contributed by atoms with van der Waals surface area (Å²) in [5.74, 6) is -0.562. The zero-order chi connectivity index (χ0) is 12.6. The van der Waals surface area contributed by atoms with E-state index in [1.165, 1.54) is 0 Å². The van der Waals surface area contributed by atoms with Crippen molar-refractivity contribution in [1.82, 2.24) is 10.8 Å². The van der Waals surface area contributed by atoms with E-state index in [1.54, 1.807) is 20.8 Å². The highest BCUT2D eigenvalue weighted by Gasteiger charge is 2.15. The summed E-state index contributed by atoms with van der Waals surface area (Å²) in [6, 6.07) is 0. The summed E-state index contributed by atoms with van der Waals surface area (Å²) in [7, 11) is 0. The predicted molar refractivity (Wildman–Crippen MR) is 57.4 cm³/mol. The molecule has 0 fully saturated rings. The maximum absolute atomic E-state index is 11.1. The average Bonchev–Trinajstić information content (AvgIpc) is 2.07. The van der Waals surface area contributed by atoms with Crippen LogP contribution in [0.1, 0.15) is 20.8 Å². The maximum atomic E-state index is 11.1. The Bertz CT molecular complexity index is 237. The summed E-state index contributed by atoms with van der Waals surface area (Å²) in [4.78, 5) is 26.0. The van der Waals surface area contributed by atoms with Crippen LogP contribution in [-0.2, 0) is 14.4 Å². The Labute approximate surface area is 94.6 Å². The van der Waals surface area contributed by atoms with Gasteiger partial charge in [-0.25, -0.2) is 10.3 Å². The molecule has 0 heterocycles. The summed E-state index contributed by atoms with van der Waals surface area (Å²) in [6.07, 6.45) is -0.496. The lowest BCUT2D eigenvalue weighted by Gasteiger charge is -2.19. The molecule has 7 nitrogen and oxygen atoms in total. The van der Waals surface area contributed by atoms with Crippen molar-refractivity contribution in [3.05, 3.63) is 0 Å². The molecular formula is C9H19N3O4.